The molecule has 0 saturated heterocycles. The monoisotopic (exact) mass is 463 g/mol. The molecule has 1 saturated carbocycles. The summed E-state index contributed by atoms with van der Waals surface area (Å²) < 4.78 is 17.6. The number of pyridine rings is 1. The molecule has 0 spiro atoms. The molecule has 0 amide bonds. The van der Waals surface area contributed by atoms with Gasteiger partial charge in [-0.15, -0.1) is 0 Å². The summed E-state index contributed by atoms with van der Waals surface area (Å²) in [6.07, 6.45) is 7.21. The molecule has 0 unspecified atom stereocenters. The van der Waals surface area contributed by atoms with E-state index in [-0.39, 0.29) is 23.6 Å². The summed E-state index contributed by atoms with van der Waals surface area (Å²) in [5.74, 6) is -0.983. The van der Waals surface area contributed by atoms with Gasteiger partial charge in [0.15, 0.2) is 0 Å². The quantitative estimate of drug-likeness (QED) is 0.279. The Morgan fingerprint density at radius 2 is 1.88 bits per heavy atom. The molecule has 34 heavy (non-hydrogen) atoms. The van der Waals surface area contributed by atoms with Crippen LogP contribution in [0.4, 0.5) is 4.39 Å². The predicted molar refractivity (Wildman–Crippen MR) is 132 cm³/mol. The number of alkyl halides is 1. The number of nitrogens with one attached hydrogen (secondary N) is 1. The number of aliphatic hydroxyl groups excluding tert-OH is 1. The van der Waals surface area contributed by atoms with E-state index in [1.807, 2.05) is 22.9 Å². The van der Waals surface area contributed by atoms with Crippen LogP contribution in [-0.2, 0) is 6.54 Å². The number of allylic oxidation sites excluding steroid dienone is 2. The van der Waals surface area contributed by atoms with Crippen LogP contribution in [0.15, 0.2) is 42.4 Å². The van der Waals surface area contributed by atoms with Crippen molar-refractivity contribution in [3.63, 3.8) is 0 Å². The maximum absolute atomic E-state index is 15.7. The van der Waals surface area contributed by atoms with Gasteiger partial charge in [0.1, 0.15) is 5.67 Å². The summed E-state index contributed by atoms with van der Waals surface area (Å²) in [6.45, 7) is 5.05. The van der Waals surface area contributed by atoms with Crippen molar-refractivity contribution in [1.82, 2.24) is 9.55 Å². The van der Waals surface area contributed by atoms with Gasteiger partial charge in [-0.2, -0.15) is 0 Å². The minimum atomic E-state index is -1.32. The van der Waals surface area contributed by atoms with Crippen LogP contribution < -0.4 is 0 Å². The number of aryl methyl sites for hydroxylation is 1. The van der Waals surface area contributed by atoms with Crippen LogP contribution >= 0.6 is 0 Å². The van der Waals surface area contributed by atoms with Crippen LogP contribution in [0.2, 0.25) is 0 Å². The largest absolute Gasteiger partial charge is 0.512 e. The maximum Gasteiger partial charge on any atom is 0.335 e. The van der Waals surface area contributed by atoms with Gasteiger partial charge in [-0.05, 0) is 56.9 Å². The molecule has 178 valence electrons. The molecule has 3 N–H and O–H groups in total. The summed E-state index contributed by atoms with van der Waals surface area (Å²) in [6, 6.07) is 7.08. The Balaban J connectivity index is 1.92. The molecule has 3 aromatic rings. The highest BCUT2D eigenvalue weighted by Gasteiger charge is 2.33. The van der Waals surface area contributed by atoms with Crippen LogP contribution in [0, 0.1) is 12.3 Å². The number of benzene rings is 1. The van der Waals surface area contributed by atoms with Crippen molar-refractivity contribution in [2.24, 2.45) is 0 Å². The number of aliphatic hydroxyl groups is 1. The molecule has 1 aliphatic carbocycles. The van der Waals surface area contributed by atoms with Gasteiger partial charge in [0.2, 0.25) is 0 Å². The first-order chi connectivity index (χ1) is 16.1. The van der Waals surface area contributed by atoms with Crippen molar-refractivity contribution in [2.45, 2.75) is 65.1 Å². The normalized spacial score (nSPS) is 16.4. The van der Waals surface area contributed by atoms with E-state index in [0.717, 1.165) is 24.8 Å². The highest BCUT2D eigenvalue weighted by Crippen LogP contribution is 2.37. The predicted octanol–water partition coefficient (Wildman–Crippen LogP) is 6.71. The number of aromatic nitrogens is 2. The van der Waals surface area contributed by atoms with Crippen molar-refractivity contribution in [3.05, 3.63) is 59.1 Å². The number of carboxylic acid groups (broad SMARTS) is 1. The molecule has 6 nitrogen and oxygen atoms in total. The molecule has 0 aliphatic heterocycles. The highest BCUT2D eigenvalue weighted by molar-refractivity contribution is 6.22. The standard InChI is InChI=1S/C27H30FN3O3/c1-16-7-8-19(11-21(16)26(33)34)22-14-31(15-27(28)9-5-4-6-10-27)23-12-20(13-30-25(22)23)24(17(2)29)18(3)32/h7-8,11-14,29,32H,4-6,9-10,15H2,1-3H3,(H,33,34)/b24-18+,29-17?. The van der Waals surface area contributed by atoms with E-state index in [0.29, 0.717) is 46.1 Å². The topological polar surface area (TPSA) is 99.2 Å². The van der Waals surface area contributed by atoms with Gasteiger partial charge in [-0.25, -0.2) is 9.18 Å². The first-order valence-corrected chi connectivity index (χ1v) is 11.6. The summed E-state index contributed by atoms with van der Waals surface area (Å²) in [4.78, 5) is 16.4. The molecule has 1 fully saturated rings. The van der Waals surface area contributed by atoms with Crippen LogP contribution in [-0.4, -0.2) is 37.1 Å². The third-order valence-electron chi connectivity index (χ3n) is 6.72. The molecule has 1 aromatic carbocycles. The van der Waals surface area contributed by atoms with E-state index >= 15 is 4.39 Å². The number of hydrogen-bond acceptors (Lipinski definition) is 4. The first-order valence-electron chi connectivity index (χ1n) is 11.6. The molecule has 1 aliphatic rings. The number of rotatable bonds is 6. The molecule has 4 rings (SSSR count). The average molecular weight is 464 g/mol. The first kappa shape index (κ1) is 23.7. The number of halogens is 1. The molecule has 7 heteroatoms. The molecule has 2 heterocycles. The summed E-state index contributed by atoms with van der Waals surface area (Å²) in [5, 5.41) is 27.8. The zero-order valence-electron chi connectivity index (χ0n) is 19.8. The van der Waals surface area contributed by atoms with Crippen LogP contribution in [0.25, 0.3) is 27.7 Å². The lowest BCUT2D eigenvalue weighted by Gasteiger charge is -2.30. The Bertz CT molecular complexity index is 1310. The van der Waals surface area contributed by atoms with Crippen LogP contribution in [0.5, 0.6) is 0 Å². The van der Waals surface area contributed by atoms with Gasteiger partial charge in [0.05, 0.1) is 28.9 Å². The van der Waals surface area contributed by atoms with Gasteiger partial charge >= 0.3 is 5.97 Å². The molecule has 0 bridgehead atoms. The number of carbonyl (C=O) groups is 1. The van der Waals surface area contributed by atoms with Crippen molar-refractivity contribution in [3.8, 4) is 11.1 Å². The minimum Gasteiger partial charge on any atom is -0.512 e. The van der Waals surface area contributed by atoms with Crippen molar-refractivity contribution >= 4 is 28.3 Å². The fraction of sp³-hybridized carbons (Fsp3) is 0.370. The molecule has 0 atom stereocenters. The SMILES string of the molecule is CC(=N)/C(=C(/C)O)c1cnc2c(-c3ccc(C)c(C(=O)O)c3)cn(CC3(F)CCCCC3)c2c1. The van der Waals surface area contributed by atoms with Crippen molar-refractivity contribution in [2.75, 3.05) is 0 Å². The zero-order chi connectivity index (χ0) is 24.6. The van der Waals surface area contributed by atoms with E-state index in [1.54, 1.807) is 32.2 Å². The van der Waals surface area contributed by atoms with E-state index in [2.05, 4.69) is 4.98 Å². The molecule has 2 aromatic heterocycles. The number of hydrogen-bond donors (Lipinski definition) is 3. The third-order valence-corrected chi connectivity index (χ3v) is 6.72. The van der Waals surface area contributed by atoms with Crippen LogP contribution in [0.3, 0.4) is 0 Å². The Morgan fingerprint density at radius 1 is 1.18 bits per heavy atom. The Kier molecular flexibility index (Phi) is 6.30. The van der Waals surface area contributed by atoms with Crippen molar-refractivity contribution < 1.29 is 19.4 Å². The maximum atomic E-state index is 15.7. The molecular formula is C27H30FN3O3. The zero-order valence-corrected chi connectivity index (χ0v) is 19.8. The van der Waals surface area contributed by atoms with Crippen LogP contribution in [0.1, 0.15) is 67.4 Å². The lowest BCUT2D eigenvalue weighted by Crippen LogP contribution is -2.31. The van der Waals surface area contributed by atoms with Gasteiger partial charge in [-0.1, -0.05) is 31.4 Å². The van der Waals surface area contributed by atoms with E-state index in [4.69, 9.17) is 5.41 Å². The summed E-state index contributed by atoms with van der Waals surface area (Å²) in [7, 11) is 0. The highest BCUT2D eigenvalue weighted by atomic mass is 19.1. The van der Waals surface area contributed by atoms with E-state index in [9.17, 15) is 15.0 Å². The Hall–Kier alpha value is -3.48. The second kappa shape index (κ2) is 9.05. The number of nitrogens with zero attached hydrogens (tertiary/aromatic N) is 2. The second-order valence-electron chi connectivity index (χ2n) is 9.39. The Labute approximate surface area is 198 Å². The number of carboxylic acids is 1. The average Bonchev–Trinajstić information content (AvgIpc) is 3.11. The fourth-order valence-corrected chi connectivity index (χ4v) is 5.01. The van der Waals surface area contributed by atoms with Crippen molar-refractivity contribution in [1.29, 1.82) is 5.41 Å². The Morgan fingerprint density at radius 3 is 2.50 bits per heavy atom. The van der Waals surface area contributed by atoms with E-state index in [1.165, 1.54) is 6.92 Å². The number of aromatic carboxylic acids is 1. The van der Waals surface area contributed by atoms with Gasteiger partial charge in [0.25, 0.3) is 0 Å². The lowest BCUT2D eigenvalue weighted by molar-refractivity contribution is 0.0696. The van der Waals surface area contributed by atoms with E-state index < -0.39 is 11.6 Å². The molecule has 0 radical (unpaired) electrons. The minimum absolute atomic E-state index is 0.0193. The second-order valence-corrected chi connectivity index (χ2v) is 9.39. The van der Waals surface area contributed by atoms with Gasteiger partial charge in [0, 0.05) is 34.8 Å². The fourth-order valence-electron chi connectivity index (χ4n) is 5.01. The van der Waals surface area contributed by atoms with Gasteiger partial charge < -0.3 is 20.2 Å². The third kappa shape index (κ3) is 4.47. The smallest absolute Gasteiger partial charge is 0.335 e. The summed E-state index contributed by atoms with van der Waals surface area (Å²) in [5.41, 5.74) is 3.46. The lowest BCUT2D eigenvalue weighted by atomic mass is 9.86. The molecular weight excluding hydrogens is 433 g/mol. The summed E-state index contributed by atoms with van der Waals surface area (Å²) >= 11 is 0. The van der Waals surface area contributed by atoms with Gasteiger partial charge in [-0.3, -0.25) is 4.98 Å². The number of fused-ring (bicyclic) bond motifs is 1.